The smallest absolute Gasteiger partial charge is 0.0464 e. The Bertz CT molecular complexity index is 2480. The Labute approximate surface area is 313 Å². The quantitative estimate of drug-likeness (QED) is 0.147. The minimum absolute atomic E-state index is 0.138. The second-order valence-corrected chi connectivity index (χ2v) is 14.6. The number of nitrogens with zero attached hydrogens (tertiary/aromatic N) is 2. The van der Waals surface area contributed by atoms with Gasteiger partial charge in [-0.2, -0.15) is 0 Å². The number of fused-ring (bicyclic) bond motifs is 4. The maximum absolute atomic E-state index is 2.47. The van der Waals surface area contributed by atoms with Gasteiger partial charge in [-0.05, 0) is 124 Å². The Morgan fingerprint density at radius 1 is 0.472 bits per heavy atom. The minimum atomic E-state index is -0.138. The van der Waals surface area contributed by atoms with E-state index >= 15 is 0 Å². The molecule has 0 bridgehead atoms. The molecule has 0 saturated heterocycles. The lowest BCUT2D eigenvalue weighted by Gasteiger charge is -2.31. The first kappa shape index (κ1) is 32.5. The van der Waals surface area contributed by atoms with Gasteiger partial charge in [-0.15, -0.1) is 0 Å². The van der Waals surface area contributed by atoms with E-state index in [0.717, 1.165) is 29.9 Å². The summed E-state index contributed by atoms with van der Waals surface area (Å²) in [5.41, 5.74) is 14.8. The van der Waals surface area contributed by atoms with Gasteiger partial charge in [-0.1, -0.05) is 141 Å². The second kappa shape index (κ2) is 13.6. The van der Waals surface area contributed by atoms with Gasteiger partial charge in [0.1, 0.15) is 0 Å². The van der Waals surface area contributed by atoms with E-state index in [1.807, 2.05) is 0 Å². The summed E-state index contributed by atoms with van der Waals surface area (Å²) in [6.07, 6.45) is 13.3. The molecule has 7 aromatic rings. The van der Waals surface area contributed by atoms with E-state index in [1.165, 1.54) is 61.2 Å². The molecule has 9 rings (SSSR count). The average Bonchev–Trinajstić information content (AvgIpc) is 3.44. The SMILES string of the molecule is CC1(C)c2cc(/C=C/c3ccc(N(c4ccccc4)c4ccccc4)cc3)ccc2-c2ccc(N(C3=CC=CCC3)c3ccc4ccccc4c3)cc21. The van der Waals surface area contributed by atoms with Gasteiger partial charge in [0.15, 0.2) is 0 Å². The normalized spacial score (nSPS) is 14.2. The van der Waals surface area contributed by atoms with Gasteiger partial charge in [0, 0.05) is 39.5 Å². The van der Waals surface area contributed by atoms with Gasteiger partial charge in [0.25, 0.3) is 0 Å². The van der Waals surface area contributed by atoms with Crippen molar-refractivity contribution in [3.05, 3.63) is 210 Å². The van der Waals surface area contributed by atoms with Gasteiger partial charge < -0.3 is 9.80 Å². The van der Waals surface area contributed by atoms with Crippen molar-refractivity contribution in [1.29, 1.82) is 0 Å². The predicted octanol–water partition coefficient (Wildman–Crippen LogP) is 14.2. The topological polar surface area (TPSA) is 6.48 Å². The number of rotatable bonds is 8. The highest BCUT2D eigenvalue weighted by Crippen LogP contribution is 2.51. The molecule has 0 fully saturated rings. The molecule has 0 unspecified atom stereocenters. The van der Waals surface area contributed by atoms with Gasteiger partial charge >= 0.3 is 0 Å². The van der Waals surface area contributed by atoms with Crippen LogP contribution in [0.1, 0.15) is 48.9 Å². The summed E-state index contributed by atoms with van der Waals surface area (Å²) in [4.78, 5) is 4.76. The minimum Gasteiger partial charge on any atom is -0.314 e. The molecule has 0 saturated carbocycles. The number of hydrogen-bond donors (Lipinski definition) is 0. The zero-order valence-electron chi connectivity index (χ0n) is 30.3. The summed E-state index contributed by atoms with van der Waals surface area (Å²) in [6.45, 7) is 4.75. The molecule has 0 aromatic heterocycles. The molecule has 7 aromatic carbocycles. The van der Waals surface area contributed by atoms with Crippen LogP contribution < -0.4 is 9.80 Å². The first-order valence-corrected chi connectivity index (χ1v) is 18.7. The van der Waals surface area contributed by atoms with E-state index in [2.05, 4.69) is 218 Å². The fourth-order valence-electron chi connectivity index (χ4n) is 8.09. The number of para-hydroxylation sites is 2. The first-order valence-electron chi connectivity index (χ1n) is 18.7. The van der Waals surface area contributed by atoms with E-state index in [0.29, 0.717) is 0 Å². The molecule has 0 atom stereocenters. The summed E-state index contributed by atoms with van der Waals surface area (Å²) >= 11 is 0. The highest BCUT2D eigenvalue weighted by molar-refractivity contribution is 5.89. The highest BCUT2D eigenvalue weighted by Gasteiger charge is 2.36. The van der Waals surface area contributed by atoms with E-state index in [1.54, 1.807) is 0 Å². The molecule has 0 aliphatic heterocycles. The van der Waals surface area contributed by atoms with Crippen LogP contribution in [0.15, 0.2) is 188 Å². The third-order valence-electron chi connectivity index (χ3n) is 10.9. The summed E-state index contributed by atoms with van der Waals surface area (Å²) in [5.74, 6) is 0. The Hall–Kier alpha value is -6.38. The molecule has 2 heteroatoms. The van der Waals surface area contributed by atoms with Crippen molar-refractivity contribution in [3.63, 3.8) is 0 Å². The fourth-order valence-corrected chi connectivity index (χ4v) is 8.09. The lowest BCUT2D eigenvalue weighted by Crippen LogP contribution is -2.19. The zero-order chi connectivity index (χ0) is 35.8. The number of benzene rings is 7. The molecule has 0 spiro atoms. The summed E-state index contributed by atoms with van der Waals surface area (Å²) in [5, 5.41) is 2.52. The second-order valence-electron chi connectivity index (χ2n) is 14.6. The van der Waals surface area contributed by atoms with Crippen molar-refractivity contribution < 1.29 is 0 Å². The molecule has 53 heavy (non-hydrogen) atoms. The number of anilines is 5. The average molecular weight is 683 g/mol. The van der Waals surface area contributed by atoms with Crippen LogP contribution in [0.5, 0.6) is 0 Å². The fraction of sp³-hybridized carbons (Fsp3) is 0.0980. The maximum atomic E-state index is 2.47. The molecule has 0 radical (unpaired) electrons. The Kier molecular flexibility index (Phi) is 8.37. The van der Waals surface area contributed by atoms with Crippen LogP contribution in [0.3, 0.4) is 0 Å². The van der Waals surface area contributed by atoms with E-state index in [-0.39, 0.29) is 5.41 Å². The molecule has 2 aliphatic rings. The standard InChI is InChI=1S/C51H42N2/c1-51(2)49-34-38(23-22-37-24-28-44(29-25-37)52(41-16-6-3-7-17-41)42-18-8-4-9-19-42)26-32-47(49)48-33-31-46(36-50(48)51)53(43-20-10-5-11-21-43)45-30-27-39-14-12-13-15-40(39)35-45/h3-10,12-20,22-36H,11,21H2,1-2H3/b23-22+. The third kappa shape index (κ3) is 6.17. The van der Waals surface area contributed by atoms with Crippen molar-refractivity contribution in [2.45, 2.75) is 32.1 Å². The lowest BCUT2D eigenvalue weighted by atomic mass is 9.81. The maximum Gasteiger partial charge on any atom is 0.0464 e. The highest BCUT2D eigenvalue weighted by atomic mass is 15.2. The summed E-state index contributed by atoms with van der Waals surface area (Å²) < 4.78 is 0. The summed E-state index contributed by atoms with van der Waals surface area (Å²) in [6, 6.07) is 59.5. The van der Waals surface area contributed by atoms with Gasteiger partial charge in [-0.3, -0.25) is 0 Å². The molecule has 2 nitrogen and oxygen atoms in total. The molecule has 0 heterocycles. The van der Waals surface area contributed by atoms with Crippen molar-refractivity contribution >= 4 is 51.4 Å². The predicted molar refractivity (Wildman–Crippen MR) is 227 cm³/mol. The van der Waals surface area contributed by atoms with Crippen molar-refractivity contribution in [3.8, 4) is 11.1 Å². The van der Waals surface area contributed by atoms with Crippen LogP contribution in [-0.4, -0.2) is 0 Å². The molecular formula is C51H42N2. The third-order valence-corrected chi connectivity index (χ3v) is 10.9. The van der Waals surface area contributed by atoms with Crippen molar-refractivity contribution in [1.82, 2.24) is 0 Å². The van der Waals surface area contributed by atoms with Crippen LogP contribution in [0, 0.1) is 0 Å². The monoisotopic (exact) mass is 682 g/mol. The zero-order valence-corrected chi connectivity index (χ0v) is 30.3. The summed E-state index contributed by atoms with van der Waals surface area (Å²) in [7, 11) is 0. The molecule has 0 amide bonds. The van der Waals surface area contributed by atoms with Crippen LogP contribution in [0.2, 0.25) is 0 Å². The Morgan fingerprint density at radius 3 is 1.72 bits per heavy atom. The largest absolute Gasteiger partial charge is 0.314 e. The van der Waals surface area contributed by atoms with E-state index < -0.39 is 0 Å². The van der Waals surface area contributed by atoms with E-state index in [4.69, 9.17) is 0 Å². The Balaban J connectivity index is 1.01. The van der Waals surface area contributed by atoms with Crippen LogP contribution in [-0.2, 0) is 5.41 Å². The molecule has 256 valence electrons. The van der Waals surface area contributed by atoms with Gasteiger partial charge in [0.05, 0.1) is 0 Å². The van der Waals surface area contributed by atoms with Crippen LogP contribution >= 0.6 is 0 Å². The first-order chi connectivity index (χ1) is 26.0. The van der Waals surface area contributed by atoms with Crippen LogP contribution in [0.25, 0.3) is 34.1 Å². The van der Waals surface area contributed by atoms with E-state index in [9.17, 15) is 0 Å². The van der Waals surface area contributed by atoms with Gasteiger partial charge in [-0.25, -0.2) is 0 Å². The van der Waals surface area contributed by atoms with Crippen molar-refractivity contribution in [2.24, 2.45) is 0 Å². The van der Waals surface area contributed by atoms with Gasteiger partial charge in [0.2, 0.25) is 0 Å². The molecule has 2 aliphatic carbocycles. The molecule has 0 N–H and O–H groups in total. The Morgan fingerprint density at radius 2 is 1.02 bits per heavy atom. The van der Waals surface area contributed by atoms with Crippen LogP contribution in [0.4, 0.5) is 28.4 Å². The molecular weight excluding hydrogens is 641 g/mol. The van der Waals surface area contributed by atoms with Crippen molar-refractivity contribution in [2.75, 3.05) is 9.80 Å². The number of hydrogen-bond acceptors (Lipinski definition) is 2. The number of allylic oxidation sites excluding steroid dienone is 4. The lowest BCUT2D eigenvalue weighted by molar-refractivity contribution is 0.660.